The molecule has 2 aromatic rings. The largest absolute Gasteiger partial charge is 0.328 e. The predicted molar refractivity (Wildman–Crippen MR) is 80.3 cm³/mol. The summed E-state index contributed by atoms with van der Waals surface area (Å²) < 4.78 is 27.9. The van der Waals surface area contributed by atoms with Gasteiger partial charge in [0.15, 0.2) is 0 Å². The Morgan fingerprint density at radius 3 is 2.84 bits per heavy atom. The number of hydrogen-bond donors (Lipinski definition) is 2. The number of nitrogens with one attached hydrogen (secondary N) is 1. The molecule has 0 aliphatic heterocycles. The van der Waals surface area contributed by atoms with Gasteiger partial charge in [-0.1, -0.05) is 11.6 Å². The Bertz CT molecular complexity index is 680. The summed E-state index contributed by atoms with van der Waals surface area (Å²) in [4.78, 5) is 0. The molecule has 7 heteroatoms. The molecule has 19 heavy (non-hydrogen) atoms. The van der Waals surface area contributed by atoms with Crippen LogP contribution in [0.1, 0.15) is 13.3 Å². The number of benzene rings is 1. The van der Waals surface area contributed by atoms with E-state index in [0.29, 0.717) is 22.2 Å². The van der Waals surface area contributed by atoms with Gasteiger partial charge in [-0.3, -0.25) is 0 Å². The molecular formula is C12H15ClN2O2S2. The Morgan fingerprint density at radius 1 is 1.42 bits per heavy atom. The lowest BCUT2D eigenvalue weighted by Gasteiger charge is -2.06. The van der Waals surface area contributed by atoms with Crippen molar-refractivity contribution in [2.75, 3.05) is 6.54 Å². The van der Waals surface area contributed by atoms with E-state index in [-0.39, 0.29) is 6.04 Å². The molecule has 0 fully saturated rings. The van der Waals surface area contributed by atoms with E-state index in [1.54, 1.807) is 18.2 Å². The minimum Gasteiger partial charge on any atom is -0.328 e. The summed E-state index contributed by atoms with van der Waals surface area (Å²) in [6, 6.07) is 6.95. The van der Waals surface area contributed by atoms with E-state index in [4.69, 9.17) is 17.3 Å². The van der Waals surface area contributed by atoms with Gasteiger partial charge >= 0.3 is 0 Å². The monoisotopic (exact) mass is 318 g/mol. The average molecular weight is 319 g/mol. The first-order valence-corrected chi connectivity index (χ1v) is 8.50. The van der Waals surface area contributed by atoms with Crippen LogP contribution >= 0.6 is 22.9 Å². The fourth-order valence-electron chi connectivity index (χ4n) is 1.61. The van der Waals surface area contributed by atoms with E-state index in [2.05, 4.69) is 4.72 Å². The second-order valence-electron chi connectivity index (χ2n) is 4.41. The quantitative estimate of drug-likeness (QED) is 0.890. The normalized spacial score (nSPS) is 13.8. The summed E-state index contributed by atoms with van der Waals surface area (Å²) in [6.45, 7) is 2.19. The molecule has 1 aromatic carbocycles. The van der Waals surface area contributed by atoms with Gasteiger partial charge in [0.05, 0.1) is 0 Å². The Balaban J connectivity index is 2.23. The van der Waals surface area contributed by atoms with Crippen molar-refractivity contribution in [2.24, 2.45) is 5.73 Å². The van der Waals surface area contributed by atoms with Gasteiger partial charge < -0.3 is 5.73 Å². The van der Waals surface area contributed by atoms with Crippen LogP contribution < -0.4 is 10.5 Å². The maximum atomic E-state index is 12.1. The molecule has 0 aliphatic carbocycles. The van der Waals surface area contributed by atoms with Gasteiger partial charge in [0.25, 0.3) is 0 Å². The molecule has 0 bridgehead atoms. The topological polar surface area (TPSA) is 72.2 Å². The second kappa shape index (κ2) is 5.76. The highest BCUT2D eigenvalue weighted by Crippen LogP contribution is 2.30. The van der Waals surface area contributed by atoms with Gasteiger partial charge in [-0.2, -0.15) is 0 Å². The Labute approximate surface area is 121 Å². The molecule has 0 saturated heterocycles. The number of fused-ring (bicyclic) bond motifs is 1. The summed E-state index contributed by atoms with van der Waals surface area (Å²) in [7, 11) is -3.46. The minimum atomic E-state index is -3.46. The van der Waals surface area contributed by atoms with Crippen molar-refractivity contribution in [1.82, 2.24) is 4.72 Å². The van der Waals surface area contributed by atoms with E-state index in [1.165, 1.54) is 11.3 Å². The SMILES string of the molecule is CC(N)CCNS(=O)(=O)c1cc2cc(Cl)ccc2s1. The zero-order chi connectivity index (χ0) is 14.0. The first-order chi connectivity index (χ1) is 8.88. The molecule has 1 heterocycles. The van der Waals surface area contributed by atoms with Crippen molar-refractivity contribution in [3.8, 4) is 0 Å². The molecular weight excluding hydrogens is 304 g/mol. The van der Waals surface area contributed by atoms with Gasteiger partial charge in [-0.25, -0.2) is 13.1 Å². The highest BCUT2D eigenvalue weighted by Gasteiger charge is 2.17. The van der Waals surface area contributed by atoms with Crippen molar-refractivity contribution < 1.29 is 8.42 Å². The molecule has 104 valence electrons. The molecule has 0 aliphatic rings. The molecule has 4 nitrogen and oxygen atoms in total. The lowest BCUT2D eigenvalue weighted by Crippen LogP contribution is -2.28. The van der Waals surface area contributed by atoms with Gasteiger partial charge in [0, 0.05) is 22.3 Å². The number of rotatable bonds is 5. The molecule has 3 N–H and O–H groups in total. The van der Waals surface area contributed by atoms with Crippen LogP contribution in [0.15, 0.2) is 28.5 Å². The molecule has 0 radical (unpaired) electrons. The summed E-state index contributed by atoms with van der Waals surface area (Å²) in [6.07, 6.45) is 0.607. The van der Waals surface area contributed by atoms with E-state index in [9.17, 15) is 8.42 Å². The van der Waals surface area contributed by atoms with Crippen molar-refractivity contribution in [3.63, 3.8) is 0 Å². The molecule has 0 saturated carbocycles. The lowest BCUT2D eigenvalue weighted by atomic mass is 10.3. The zero-order valence-corrected chi connectivity index (χ0v) is 12.8. The fraction of sp³-hybridized carbons (Fsp3) is 0.333. The zero-order valence-electron chi connectivity index (χ0n) is 10.4. The summed E-state index contributed by atoms with van der Waals surface area (Å²) in [5.74, 6) is 0. The van der Waals surface area contributed by atoms with Crippen LogP contribution in [0, 0.1) is 0 Å². The third-order valence-corrected chi connectivity index (χ3v) is 5.90. The highest BCUT2D eigenvalue weighted by molar-refractivity contribution is 7.91. The summed E-state index contributed by atoms with van der Waals surface area (Å²) in [5.41, 5.74) is 5.59. The molecule has 2 rings (SSSR count). The second-order valence-corrected chi connectivity index (χ2v) is 7.93. The third kappa shape index (κ3) is 3.67. The molecule has 1 atom stereocenters. The maximum absolute atomic E-state index is 12.1. The van der Waals surface area contributed by atoms with Crippen LogP contribution in [-0.2, 0) is 10.0 Å². The smallest absolute Gasteiger partial charge is 0.250 e. The minimum absolute atomic E-state index is 0.0242. The van der Waals surface area contributed by atoms with Crippen molar-refractivity contribution >= 4 is 43.0 Å². The number of hydrogen-bond acceptors (Lipinski definition) is 4. The molecule has 1 unspecified atom stereocenters. The van der Waals surface area contributed by atoms with Gasteiger partial charge in [-0.05, 0) is 43.0 Å². The number of nitrogens with two attached hydrogens (primary N) is 1. The van der Waals surface area contributed by atoms with Crippen molar-refractivity contribution in [1.29, 1.82) is 0 Å². The maximum Gasteiger partial charge on any atom is 0.250 e. The van der Waals surface area contributed by atoms with Crippen molar-refractivity contribution in [3.05, 3.63) is 29.3 Å². The van der Waals surface area contributed by atoms with Crippen molar-refractivity contribution in [2.45, 2.75) is 23.6 Å². The van der Waals surface area contributed by atoms with E-state index in [0.717, 1.165) is 10.1 Å². The number of thiophene rings is 1. The molecule has 0 amide bonds. The van der Waals surface area contributed by atoms with E-state index >= 15 is 0 Å². The van der Waals surface area contributed by atoms with Crippen LogP contribution in [0.25, 0.3) is 10.1 Å². The Morgan fingerprint density at radius 2 is 2.16 bits per heavy atom. The van der Waals surface area contributed by atoms with Crippen LogP contribution in [-0.4, -0.2) is 21.0 Å². The van der Waals surface area contributed by atoms with Gasteiger partial charge in [-0.15, -0.1) is 11.3 Å². The van der Waals surface area contributed by atoms with E-state index < -0.39 is 10.0 Å². The van der Waals surface area contributed by atoms with Gasteiger partial charge in [0.2, 0.25) is 10.0 Å². The third-order valence-electron chi connectivity index (χ3n) is 2.61. The van der Waals surface area contributed by atoms with Gasteiger partial charge in [0.1, 0.15) is 4.21 Å². The first-order valence-electron chi connectivity index (χ1n) is 5.83. The fourth-order valence-corrected chi connectivity index (χ4v) is 4.27. The lowest BCUT2D eigenvalue weighted by molar-refractivity contribution is 0.574. The highest BCUT2D eigenvalue weighted by atomic mass is 35.5. The Kier molecular flexibility index (Phi) is 4.47. The Hall–Kier alpha value is -0.660. The van der Waals surface area contributed by atoms with Crippen LogP contribution in [0.3, 0.4) is 0 Å². The van der Waals surface area contributed by atoms with Crippen LogP contribution in [0.4, 0.5) is 0 Å². The predicted octanol–water partition coefficient (Wildman–Crippen LogP) is 2.57. The average Bonchev–Trinajstić information content (AvgIpc) is 2.71. The van der Waals surface area contributed by atoms with Crippen LogP contribution in [0.2, 0.25) is 5.02 Å². The number of halogens is 1. The number of sulfonamides is 1. The molecule has 1 aromatic heterocycles. The summed E-state index contributed by atoms with van der Waals surface area (Å²) >= 11 is 7.12. The molecule has 0 spiro atoms. The summed E-state index contributed by atoms with van der Waals surface area (Å²) in [5, 5.41) is 1.43. The standard InChI is InChI=1S/C12H15ClN2O2S2/c1-8(14)4-5-15-19(16,17)12-7-9-6-10(13)2-3-11(9)18-12/h2-3,6-8,15H,4-5,14H2,1H3. The van der Waals surface area contributed by atoms with Crippen LogP contribution in [0.5, 0.6) is 0 Å². The first kappa shape index (κ1) is 14.7. The van der Waals surface area contributed by atoms with E-state index in [1.807, 2.05) is 13.0 Å².